The van der Waals surface area contributed by atoms with Crippen molar-refractivity contribution in [1.82, 2.24) is 19.7 Å². The highest BCUT2D eigenvalue weighted by atomic mass is 16.4. The summed E-state index contributed by atoms with van der Waals surface area (Å²) in [6.07, 6.45) is 3.32. The maximum absolute atomic E-state index is 12.7. The minimum absolute atomic E-state index is 0.0391. The molecule has 0 saturated carbocycles. The number of carbonyl (C=O) groups is 2. The molecule has 3 rings (SSSR count). The number of aryl methyl sites for hydroxylation is 1. The number of carbonyl (C=O) groups excluding carboxylic acids is 1. The van der Waals surface area contributed by atoms with Crippen LogP contribution in [0.25, 0.3) is 0 Å². The third-order valence-electron chi connectivity index (χ3n) is 4.37. The van der Waals surface area contributed by atoms with Crippen LogP contribution in [0.2, 0.25) is 0 Å². The van der Waals surface area contributed by atoms with E-state index in [0.717, 1.165) is 18.5 Å². The van der Waals surface area contributed by atoms with Crippen LogP contribution in [0, 0.1) is 6.92 Å². The van der Waals surface area contributed by atoms with Crippen LogP contribution in [-0.4, -0.2) is 49.7 Å². The third kappa shape index (κ3) is 3.78. The third-order valence-corrected chi connectivity index (χ3v) is 4.37. The van der Waals surface area contributed by atoms with Gasteiger partial charge in [-0.05, 0) is 38.0 Å². The van der Waals surface area contributed by atoms with Crippen molar-refractivity contribution in [3.63, 3.8) is 0 Å². The lowest BCUT2D eigenvalue weighted by molar-refractivity contribution is -0.137. The van der Waals surface area contributed by atoms with Crippen LogP contribution in [0.4, 0.5) is 0 Å². The van der Waals surface area contributed by atoms with Crippen LogP contribution in [0.15, 0.2) is 29.2 Å². The number of hydrogen-bond acceptors (Lipinski definition) is 4. The van der Waals surface area contributed by atoms with E-state index in [-0.39, 0.29) is 29.5 Å². The molecule has 0 spiro atoms. The topological polar surface area (TPSA) is 108 Å². The van der Waals surface area contributed by atoms with Gasteiger partial charge in [0.1, 0.15) is 12.1 Å². The average Bonchev–Trinajstić information content (AvgIpc) is 3.02. The van der Waals surface area contributed by atoms with Gasteiger partial charge in [-0.15, -0.1) is 0 Å². The first-order valence-electron chi connectivity index (χ1n) is 8.18. The van der Waals surface area contributed by atoms with Crippen molar-refractivity contribution < 1.29 is 14.7 Å². The zero-order chi connectivity index (χ0) is 18.0. The predicted octanol–water partition coefficient (Wildman–Crippen LogP) is 0.984. The molecule has 2 aromatic rings. The van der Waals surface area contributed by atoms with Gasteiger partial charge in [0.15, 0.2) is 0 Å². The van der Waals surface area contributed by atoms with Gasteiger partial charge >= 0.3 is 5.97 Å². The van der Waals surface area contributed by atoms with Gasteiger partial charge in [-0.1, -0.05) is 0 Å². The minimum atomic E-state index is -0.950. The summed E-state index contributed by atoms with van der Waals surface area (Å²) in [6.45, 7) is 2.64. The molecule has 0 radical (unpaired) electrons. The van der Waals surface area contributed by atoms with Crippen molar-refractivity contribution in [3.8, 4) is 0 Å². The van der Waals surface area contributed by atoms with Gasteiger partial charge in [0, 0.05) is 30.9 Å². The molecule has 1 aliphatic rings. The molecule has 2 aromatic heterocycles. The Balaban J connectivity index is 1.74. The highest BCUT2D eigenvalue weighted by Gasteiger charge is 2.28. The number of likely N-dealkylation sites (tertiary alicyclic amines) is 1. The zero-order valence-corrected chi connectivity index (χ0v) is 13.9. The summed E-state index contributed by atoms with van der Waals surface area (Å²) >= 11 is 0. The van der Waals surface area contributed by atoms with Crippen molar-refractivity contribution in [1.29, 1.82) is 0 Å². The number of hydrogen-bond donors (Lipinski definition) is 2. The molecule has 132 valence electrons. The number of nitrogens with one attached hydrogen (secondary N) is 1. The van der Waals surface area contributed by atoms with Crippen LogP contribution >= 0.6 is 0 Å². The van der Waals surface area contributed by atoms with E-state index < -0.39 is 5.97 Å². The van der Waals surface area contributed by atoms with E-state index in [2.05, 4.69) is 10.1 Å². The summed E-state index contributed by atoms with van der Waals surface area (Å²) in [5.74, 6) is -1.19. The van der Waals surface area contributed by atoms with Crippen molar-refractivity contribution in [3.05, 3.63) is 51.7 Å². The number of aromatic amines is 1. The number of H-pyrrole nitrogens is 1. The lowest BCUT2D eigenvalue weighted by Crippen LogP contribution is -2.41. The fourth-order valence-electron chi connectivity index (χ4n) is 3.14. The molecular weight excluding hydrogens is 324 g/mol. The van der Waals surface area contributed by atoms with Gasteiger partial charge in [0.25, 0.3) is 11.5 Å². The predicted molar refractivity (Wildman–Crippen MR) is 89.5 cm³/mol. The van der Waals surface area contributed by atoms with Crippen LogP contribution < -0.4 is 5.56 Å². The summed E-state index contributed by atoms with van der Waals surface area (Å²) < 4.78 is 1.38. The Labute approximate surface area is 144 Å². The van der Waals surface area contributed by atoms with E-state index in [1.807, 2.05) is 0 Å². The molecule has 25 heavy (non-hydrogen) atoms. The zero-order valence-electron chi connectivity index (χ0n) is 13.9. The average molecular weight is 344 g/mol. The second-order valence-corrected chi connectivity index (χ2v) is 6.31. The highest BCUT2D eigenvalue weighted by molar-refractivity contribution is 5.94. The summed E-state index contributed by atoms with van der Waals surface area (Å²) in [5.41, 5.74) is 1.25. The normalized spacial score (nSPS) is 17.5. The number of nitrogens with zero attached hydrogens (tertiary/aromatic N) is 3. The first kappa shape index (κ1) is 16.9. The lowest BCUT2D eigenvalue weighted by atomic mass is 9.94. The molecule has 1 fully saturated rings. The second-order valence-electron chi connectivity index (χ2n) is 6.31. The summed E-state index contributed by atoms with van der Waals surface area (Å²) in [6, 6.07) is 5.06. The van der Waals surface area contributed by atoms with Gasteiger partial charge in [-0.3, -0.25) is 19.1 Å². The number of carboxylic acids is 1. The largest absolute Gasteiger partial charge is 0.480 e. The number of piperidine rings is 1. The quantitative estimate of drug-likeness (QED) is 0.860. The Morgan fingerprint density at radius 1 is 1.36 bits per heavy atom. The number of amides is 1. The molecule has 1 atom stereocenters. The van der Waals surface area contributed by atoms with Crippen LogP contribution in [0.5, 0.6) is 0 Å². The van der Waals surface area contributed by atoms with Crippen molar-refractivity contribution in [2.45, 2.75) is 32.2 Å². The number of aliphatic carboxylic acids is 1. The molecule has 0 bridgehead atoms. The summed E-state index contributed by atoms with van der Waals surface area (Å²) in [4.78, 5) is 39.8. The molecule has 0 aliphatic carbocycles. The van der Waals surface area contributed by atoms with Crippen LogP contribution in [-0.2, 0) is 11.3 Å². The van der Waals surface area contributed by atoms with Crippen molar-refractivity contribution >= 4 is 11.9 Å². The monoisotopic (exact) mass is 344 g/mol. The van der Waals surface area contributed by atoms with E-state index in [0.29, 0.717) is 18.8 Å². The maximum atomic E-state index is 12.7. The SMILES string of the molecule is Cc1ccc(C(=O)N2CCC[C@@H](c3ccn(CC(=O)O)n3)C2)c(=O)[nH]1. The molecule has 3 heterocycles. The van der Waals surface area contributed by atoms with Crippen molar-refractivity contribution in [2.24, 2.45) is 0 Å². The standard InChI is InChI=1S/C17H20N4O4/c1-11-4-5-13(16(24)18-11)17(25)20-7-2-3-12(9-20)14-6-8-21(19-14)10-15(22)23/h4-6,8,12H,2-3,7,9-10H2,1H3,(H,18,24)(H,22,23)/t12-/m1/s1. The van der Waals surface area contributed by atoms with Gasteiger partial charge in [0.05, 0.1) is 5.69 Å². The number of rotatable bonds is 4. The summed E-state index contributed by atoms with van der Waals surface area (Å²) in [5, 5.41) is 13.1. The van der Waals surface area contributed by atoms with E-state index >= 15 is 0 Å². The molecule has 8 nitrogen and oxygen atoms in total. The van der Waals surface area contributed by atoms with E-state index in [1.165, 1.54) is 4.68 Å². The van der Waals surface area contributed by atoms with E-state index in [4.69, 9.17) is 5.11 Å². The maximum Gasteiger partial charge on any atom is 0.325 e. The molecular formula is C17H20N4O4. The Morgan fingerprint density at radius 2 is 2.16 bits per heavy atom. The second kappa shape index (κ2) is 6.92. The van der Waals surface area contributed by atoms with Crippen molar-refractivity contribution in [2.75, 3.05) is 13.1 Å². The number of carboxylic acid groups (broad SMARTS) is 1. The van der Waals surface area contributed by atoms with Gasteiger partial charge in [-0.2, -0.15) is 5.10 Å². The fraction of sp³-hybridized carbons (Fsp3) is 0.412. The molecule has 2 N–H and O–H groups in total. The number of aromatic nitrogens is 3. The highest BCUT2D eigenvalue weighted by Crippen LogP contribution is 2.26. The minimum Gasteiger partial charge on any atom is -0.480 e. The molecule has 1 aliphatic heterocycles. The molecule has 1 saturated heterocycles. The first-order valence-corrected chi connectivity index (χ1v) is 8.18. The summed E-state index contributed by atoms with van der Waals surface area (Å²) in [7, 11) is 0. The van der Waals surface area contributed by atoms with E-state index in [1.54, 1.807) is 36.2 Å². The van der Waals surface area contributed by atoms with Crippen LogP contribution in [0.3, 0.4) is 0 Å². The van der Waals surface area contributed by atoms with Gasteiger partial charge in [-0.25, -0.2) is 0 Å². The Hall–Kier alpha value is -2.90. The number of pyridine rings is 1. The lowest BCUT2D eigenvalue weighted by Gasteiger charge is -2.31. The first-order chi connectivity index (χ1) is 11.9. The molecule has 0 unspecified atom stereocenters. The Bertz CT molecular complexity index is 854. The van der Waals surface area contributed by atoms with Gasteiger partial charge in [0.2, 0.25) is 0 Å². The Morgan fingerprint density at radius 3 is 2.88 bits per heavy atom. The van der Waals surface area contributed by atoms with E-state index in [9.17, 15) is 14.4 Å². The molecule has 8 heteroatoms. The fourth-order valence-corrected chi connectivity index (χ4v) is 3.14. The Kier molecular flexibility index (Phi) is 4.69. The molecule has 0 aromatic carbocycles. The van der Waals surface area contributed by atoms with Crippen LogP contribution in [0.1, 0.15) is 40.5 Å². The molecule has 1 amide bonds. The van der Waals surface area contributed by atoms with Gasteiger partial charge < -0.3 is 15.0 Å². The smallest absolute Gasteiger partial charge is 0.325 e.